The predicted molar refractivity (Wildman–Crippen MR) is 27.9 cm³/mol. The summed E-state index contributed by atoms with van der Waals surface area (Å²) in [5, 5.41) is 0. The van der Waals surface area contributed by atoms with Crippen molar-refractivity contribution in [1.82, 2.24) is 5.43 Å². The van der Waals surface area contributed by atoms with Crippen molar-refractivity contribution in [3.63, 3.8) is 0 Å². The lowest BCUT2D eigenvalue weighted by Crippen LogP contribution is -2.18. The Balaban J connectivity index is -0.0000000450. The Hall–Kier alpha value is 0.01000. The van der Waals surface area contributed by atoms with Gasteiger partial charge in [-0.2, -0.15) is 0 Å². The molecule has 3 nitrogen and oxygen atoms in total. The molecule has 1 amide bonds. The molecule has 0 aliphatic heterocycles. The highest BCUT2D eigenvalue weighted by atomic mass is 35.5. The monoisotopic (exact) mass is 132 g/mol. The summed E-state index contributed by atoms with van der Waals surface area (Å²) in [6, 6.07) is 0. The normalized spacial score (nSPS) is 3.50. The zero-order valence-corrected chi connectivity index (χ0v) is 4.51. The SMILES string of the molecule is Cl.Cl.NNC=O. The molecular formula is CH6Cl2N2O. The number of hydrogen-bond acceptors (Lipinski definition) is 2. The van der Waals surface area contributed by atoms with Gasteiger partial charge in [0.15, 0.2) is 0 Å². The summed E-state index contributed by atoms with van der Waals surface area (Å²) >= 11 is 0. The smallest absolute Gasteiger partial charge is 0.221 e. The molecule has 0 unspecified atom stereocenters. The van der Waals surface area contributed by atoms with E-state index >= 15 is 0 Å². The van der Waals surface area contributed by atoms with Gasteiger partial charge in [0.2, 0.25) is 6.41 Å². The maximum absolute atomic E-state index is 8.94. The largest absolute Gasteiger partial charge is 0.297 e. The lowest BCUT2D eigenvalue weighted by Gasteiger charge is -1.66. The van der Waals surface area contributed by atoms with Gasteiger partial charge in [-0.15, -0.1) is 24.8 Å². The van der Waals surface area contributed by atoms with E-state index in [0.29, 0.717) is 6.41 Å². The Morgan fingerprint density at radius 1 is 1.50 bits per heavy atom. The van der Waals surface area contributed by atoms with E-state index in [9.17, 15) is 0 Å². The number of carbonyl (C=O) groups excluding carboxylic acids is 1. The second-order valence-corrected chi connectivity index (χ2v) is 0.285. The van der Waals surface area contributed by atoms with Gasteiger partial charge in [0, 0.05) is 0 Å². The van der Waals surface area contributed by atoms with E-state index in [0.717, 1.165) is 0 Å². The van der Waals surface area contributed by atoms with Gasteiger partial charge in [0.05, 0.1) is 0 Å². The van der Waals surface area contributed by atoms with Crippen molar-refractivity contribution in [2.75, 3.05) is 0 Å². The highest BCUT2D eigenvalue weighted by molar-refractivity contribution is 5.85. The van der Waals surface area contributed by atoms with Crippen LogP contribution in [0.4, 0.5) is 0 Å². The average molecular weight is 133 g/mol. The van der Waals surface area contributed by atoms with Gasteiger partial charge in [0.25, 0.3) is 0 Å². The van der Waals surface area contributed by atoms with Crippen LogP contribution in [0.1, 0.15) is 0 Å². The van der Waals surface area contributed by atoms with Crippen molar-refractivity contribution >= 4 is 31.2 Å². The molecule has 0 saturated heterocycles. The minimum atomic E-state index is 0. The van der Waals surface area contributed by atoms with E-state index in [1.165, 1.54) is 0 Å². The molecule has 0 heterocycles. The van der Waals surface area contributed by atoms with Gasteiger partial charge in [-0.05, 0) is 0 Å². The van der Waals surface area contributed by atoms with E-state index in [1.54, 1.807) is 5.43 Å². The molecule has 0 aromatic carbocycles. The first-order valence-corrected chi connectivity index (χ1v) is 0.813. The Bertz CT molecular complexity index is 25.5. The molecule has 6 heavy (non-hydrogen) atoms. The third kappa shape index (κ3) is 35.6. The highest BCUT2D eigenvalue weighted by Crippen LogP contribution is 0.992. The fourth-order valence-corrected chi connectivity index (χ4v) is 0. The first kappa shape index (κ1) is 16.7. The Morgan fingerprint density at radius 3 is 1.67 bits per heavy atom. The van der Waals surface area contributed by atoms with Gasteiger partial charge < -0.3 is 0 Å². The Labute approximate surface area is 48.1 Å². The minimum Gasteiger partial charge on any atom is -0.297 e. The molecule has 5 heteroatoms. The molecule has 0 saturated carbocycles. The van der Waals surface area contributed by atoms with Crippen molar-refractivity contribution in [2.45, 2.75) is 0 Å². The van der Waals surface area contributed by atoms with Crippen molar-refractivity contribution in [3.8, 4) is 0 Å². The van der Waals surface area contributed by atoms with Crippen LogP contribution in [0.15, 0.2) is 0 Å². The molecule has 0 aromatic heterocycles. The van der Waals surface area contributed by atoms with Gasteiger partial charge in [-0.3, -0.25) is 10.2 Å². The molecule has 0 radical (unpaired) electrons. The Kier molecular flexibility index (Phi) is 55.3. The van der Waals surface area contributed by atoms with E-state index in [4.69, 9.17) is 4.79 Å². The lowest BCUT2D eigenvalue weighted by molar-refractivity contribution is -0.109. The number of halogens is 2. The summed E-state index contributed by atoms with van der Waals surface area (Å²) in [7, 11) is 0. The number of hydrogen-bond donors (Lipinski definition) is 2. The van der Waals surface area contributed by atoms with E-state index < -0.39 is 0 Å². The zero-order valence-electron chi connectivity index (χ0n) is 2.88. The van der Waals surface area contributed by atoms with Crippen LogP contribution in [0, 0.1) is 0 Å². The van der Waals surface area contributed by atoms with Crippen LogP contribution in [0.25, 0.3) is 0 Å². The third-order valence-electron chi connectivity index (χ3n) is 0.0680. The summed E-state index contributed by atoms with van der Waals surface area (Å²) < 4.78 is 0. The minimum absolute atomic E-state index is 0. The second-order valence-electron chi connectivity index (χ2n) is 0.285. The van der Waals surface area contributed by atoms with Crippen LogP contribution in [0.5, 0.6) is 0 Å². The van der Waals surface area contributed by atoms with Gasteiger partial charge in [-0.25, -0.2) is 5.84 Å². The topological polar surface area (TPSA) is 55.1 Å². The molecule has 0 aliphatic rings. The summed E-state index contributed by atoms with van der Waals surface area (Å²) in [5.41, 5.74) is 1.75. The standard InChI is InChI=1S/CH4N2O.2ClH/c2-3-1-4;;/h1H,2H2,(H,3,4);2*1H. The number of nitrogens with two attached hydrogens (primary N) is 1. The maximum Gasteiger partial charge on any atom is 0.221 e. The van der Waals surface area contributed by atoms with E-state index in [2.05, 4.69) is 5.84 Å². The maximum atomic E-state index is 8.94. The molecular weight excluding hydrogens is 127 g/mol. The molecule has 0 bridgehead atoms. The van der Waals surface area contributed by atoms with E-state index in [1.807, 2.05) is 0 Å². The van der Waals surface area contributed by atoms with Gasteiger partial charge in [-0.1, -0.05) is 0 Å². The van der Waals surface area contributed by atoms with Gasteiger partial charge >= 0.3 is 0 Å². The molecule has 40 valence electrons. The number of nitrogens with one attached hydrogen (secondary N) is 1. The first-order valence-electron chi connectivity index (χ1n) is 0.813. The van der Waals surface area contributed by atoms with Crippen molar-refractivity contribution in [3.05, 3.63) is 0 Å². The summed E-state index contributed by atoms with van der Waals surface area (Å²) in [6.45, 7) is 0. The molecule has 0 aromatic rings. The summed E-state index contributed by atoms with van der Waals surface area (Å²) in [4.78, 5) is 8.94. The highest BCUT2D eigenvalue weighted by Gasteiger charge is 1.42. The lowest BCUT2D eigenvalue weighted by atomic mass is 11.4. The number of amides is 1. The molecule has 3 N–H and O–H groups in total. The summed E-state index contributed by atoms with van der Waals surface area (Å²) in [6.07, 6.45) is 0.403. The van der Waals surface area contributed by atoms with Crippen molar-refractivity contribution in [2.24, 2.45) is 5.84 Å². The molecule has 0 fully saturated rings. The Morgan fingerprint density at radius 2 is 1.67 bits per heavy atom. The average Bonchev–Trinajstić information content (AvgIpc) is 1.37. The zero-order chi connectivity index (χ0) is 3.41. The van der Waals surface area contributed by atoms with Crippen molar-refractivity contribution in [1.29, 1.82) is 0 Å². The quantitative estimate of drug-likeness (QED) is 0.218. The van der Waals surface area contributed by atoms with Crippen LogP contribution in [0.3, 0.4) is 0 Å². The van der Waals surface area contributed by atoms with Crippen LogP contribution in [0.2, 0.25) is 0 Å². The van der Waals surface area contributed by atoms with Crippen LogP contribution in [-0.4, -0.2) is 6.41 Å². The number of carbonyl (C=O) groups is 1. The fraction of sp³-hybridized carbons (Fsp3) is 0. The fourth-order valence-electron chi connectivity index (χ4n) is 0. The summed E-state index contributed by atoms with van der Waals surface area (Å²) in [5.74, 6) is 4.41. The number of hydrazine groups is 1. The van der Waals surface area contributed by atoms with Crippen LogP contribution < -0.4 is 11.3 Å². The van der Waals surface area contributed by atoms with E-state index in [-0.39, 0.29) is 24.8 Å². The third-order valence-corrected chi connectivity index (χ3v) is 0.0680. The predicted octanol–water partition coefficient (Wildman–Crippen LogP) is -0.550. The molecule has 0 rings (SSSR count). The van der Waals surface area contributed by atoms with Crippen LogP contribution >= 0.6 is 24.8 Å². The molecule has 0 aliphatic carbocycles. The second kappa shape index (κ2) is 19.9. The molecule has 0 atom stereocenters. The van der Waals surface area contributed by atoms with Crippen molar-refractivity contribution < 1.29 is 4.79 Å². The van der Waals surface area contributed by atoms with Gasteiger partial charge in [0.1, 0.15) is 0 Å². The first-order chi connectivity index (χ1) is 1.91. The molecule has 0 spiro atoms. The number of rotatable bonds is 1. The van der Waals surface area contributed by atoms with Crippen LogP contribution in [-0.2, 0) is 4.79 Å².